The first-order valence-corrected chi connectivity index (χ1v) is 13.9. The van der Waals surface area contributed by atoms with E-state index in [2.05, 4.69) is 0 Å². The van der Waals surface area contributed by atoms with Crippen molar-refractivity contribution in [2.24, 2.45) is 0 Å². The average Bonchev–Trinajstić information content (AvgIpc) is 3.06. The van der Waals surface area contributed by atoms with Gasteiger partial charge in [-0.1, -0.05) is 48.5 Å². The molecule has 1 fully saturated rings. The van der Waals surface area contributed by atoms with E-state index in [0.717, 1.165) is 18.5 Å². The maximum Gasteiger partial charge on any atom is 0.360 e. The SMILES string of the molecule is COc1cc(OC)c([C@H]2CCN(C)CC2=O)c(OC)c1.O=C(O[C@@](C(=O)O)(C(=O)c1ccccc1)[C@H](O)C(=O)O)c1ccccc1. The molecule has 0 radical (unpaired) electrons. The molecule has 0 bridgehead atoms. The summed E-state index contributed by atoms with van der Waals surface area (Å²) in [5.74, 6) is -4.82. The summed E-state index contributed by atoms with van der Waals surface area (Å²) in [5.41, 5.74) is -2.87. The molecule has 1 aliphatic rings. The number of carbonyl (C=O) groups is 5. The Hall–Kier alpha value is -5.27. The van der Waals surface area contributed by atoms with Crippen molar-refractivity contribution in [2.45, 2.75) is 24.0 Å². The van der Waals surface area contributed by atoms with E-state index in [4.69, 9.17) is 24.1 Å². The standard InChI is InChI=1S/C18H14O8.C15H21NO4/c19-13(11-7-3-1-4-8-11)18(17(24)25,14(20)15(21)22)26-16(23)12-9-5-2-6-10-12;1-16-6-5-11(12(17)9-16)15-13(19-3)7-10(18-2)8-14(15)20-4/h1-10,14,20H,(H,21,22)(H,24,25);7-8,11H,5-6,9H2,1-4H3/t14-,18+;11-/m10/s1. The van der Waals surface area contributed by atoms with Crippen molar-refractivity contribution in [2.75, 3.05) is 41.5 Å². The number of esters is 1. The normalized spacial score (nSPS) is 16.5. The van der Waals surface area contributed by atoms with Crippen LogP contribution in [-0.2, 0) is 19.1 Å². The number of aliphatic hydroxyl groups excluding tert-OH is 1. The molecule has 13 heteroatoms. The number of Topliss-reactive ketones (excluding diaryl/α,β-unsaturated/α-hetero) is 2. The van der Waals surface area contributed by atoms with Gasteiger partial charge in [-0.3, -0.25) is 14.5 Å². The van der Waals surface area contributed by atoms with E-state index < -0.39 is 35.4 Å². The predicted molar refractivity (Wildman–Crippen MR) is 163 cm³/mol. The Balaban J connectivity index is 0.000000259. The number of ether oxygens (including phenoxy) is 4. The van der Waals surface area contributed by atoms with Crippen molar-refractivity contribution in [1.82, 2.24) is 4.90 Å². The Kier molecular flexibility index (Phi) is 12.0. The molecule has 0 aliphatic carbocycles. The molecule has 0 unspecified atom stereocenters. The highest BCUT2D eigenvalue weighted by atomic mass is 16.6. The zero-order valence-corrected chi connectivity index (χ0v) is 25.7. The van der Waals surface area contributed by atoms with E-state index >= 15 is 0 Å². The van der Waals surface area contributed by atoms with Gasteiger partial charge >= 0.3 is 23.5 Å². The number of nitrogens with zero attached hydrogens (tertiary/aromatic N) is 1. The second-order valence-electron chi connectivity index (χ2n) is 10.2. The minimum absolute atomic E-state index is 0.114. The molecule has 244 valence electrons. The number of ketones is 2. The van der Waals surface area contributed by atoms with Crippen LogP contribution >= 0.6 is 0 Å². The number of carboxylic acid groups (broad SMARTS) is 2. The fourth-order valence-corrected chi connectivity index (χ4v) is 4.89. The van der Waals surface area contributed by atoms with Gasteiger partial charge in [0.25, 0.3) is 0 Å². The molecular weight excluding hydrogens is 602 g/mol. The molecule has 3 N–H and O–H groups in total. The van der Waals surface area contributed by atoms with Gasteiger partial charge < -0.3 is 34.3 Å². The molecule has 1 aliphatic heterocycles. The Morgan fingerprint density at radius 3 is 1.80 bits per heavy atom. The third kappa shape index (κ3) is 7.68. The first kappa shape index (κ1) is 35.2. The Labute approximate surface area is 264 Å². The van der Waals surface area contributed by atoms with Crippen LogP contribution in [-0.4, -0.2) is 103 Å². The van der Waals surface area contributed by atoms with Crippen molar-refractivity contribution in [3.63, 3.8) is 0 Å². The Morgan fingerprint density at radius 1 is 0.848 bits per heavy atom. The Morgan fingerprint density at radius 2 is 1.37 bits per heavy atom. The molecule has 1 saturated heterocycles. The maximum atomic E-state index is 12.7. The van der Waals surface area contributed by atoms with Crippen LogP contribution in [0, 0.1) is 0 Å². The van der Waals surface area contributed by atoms with Crippen LogP contribution in [0.3, 0.4) is 0 Å². The molecule has 13 nitrogen and oxygen atoms in total. The highest BCUT2D eigenvalue weighted by Crippen LogP contribution is 2.41. The summed E-state index contributed by atoms with van der Waals surface area (Å²) >= 11 is 0. The lowest BCUT2D eigenvalue weighted by molar-refractivity contribution is -0.176. The molecule has 3 aromatic carbocycles. The highest BCUT2D eigenvalue weighted by molar-refractivity contribution is 6.19. The second-order valence-corrected chi connectivity index (χ2v) is 10.2. The summed E-state index contributed by atoms with van der Waals surface area (Å²) in [7, 11) is 6.74. The number of likely N-dealkylation sites (tertiary alicyclic amines) is 1. The van der Waals surface area contributed by atoms with Crippen LogP contribution in [0.25, 0.3) is 0 Å². The van der Waals surface area contributed by atoms with Crippen molar-refractivity contribution < 1.29 is 58.2 Å². The van der Waals surface area contributed by atoms with E-state index in [1.807, 2.05) is 11.9 Å². The van der Waals surface area contributed by atoms with Crippen LogP contribution < -0.4 is 14.2 Å². The topological polar surface area (TPSA) is 186 Å². The van der Waals surface area contributed by atoms with Gasteiger partial charge in [0.15, 0.2) is 5.78 Å². The minimum Gasteiger partial charge on any atom is -0.496 e. The van der Waals surface area contributed by atoms with E-state index in [-0.39, 0.29) is 22.8 Å². The van der Waals surface area contributed by atoms with E-state index in [9.17, 15) is 34.2 Å². The van der Waals surface area contributed by atoms with Gasteiger partial charge in [-0.2, -0.15) is 0 Å². The van der Waals surface area contributed by atoms with Gasteiger partial charge in [0, 0.05) is 23.3 Å². The van der Waals surface area contributed by atoms with Crippen LogP contribution in [0.4, 0.5) is 0 Å². The number of carboxylic acids is 2. The number of aliphatic hydroxyl groups is 1. The van der Waals surface area contributed by atoms with Gasteiger partial charge in [-0.25, -0.2) is 14.4 Å². The first-order valence-electron chi connectivity index (χ1n) is 13.9. The zero-order chi connectivity index (χ0) is 34.0. The number of carbonyl (C=O) groups excluding carboxylic acids is 3. The number of likely N-dealkylation sites (N-methyl/N-ethyl adjacent to an activating group) is 1. The number of aliphatic carboxylic acids is 2. The quantitative estimate of drug-likeness (QED) is 0.158. The maximum absolute atomic E-state index is 12.7. The number of benzene rings is 3. The van der Waals surface area contributed by atoms with E-state index in [1.165, 1.54) is 48.5 Å². The largest absolute Gasteiger partial charge is 0.496 e. The number of rotatable bonds is 11. The van der Waals surface area contributed by atoms with Gasteiger partial charge in [0.1, 0.15) is 17.2 Å². The number of hydrogen-bond donors (Lipinski definition) is 3. The molecule has 0 saturated carbocycles. The lowest BCUT2D eigenvalue weighted by Crippen LogP contribution is -2.61. The molecule has 0 amide bonds. The molecule has 0 spiro atoms. The average molecular weight is 638 g/mol. The minimum atomic E-state index is -3.35. The van der Waals surface area contributed by atoms with Crippen molar-refractivity contribution in [3.8, 4) is 17.2 Å². The lowest BCUT2D eigenvalue weighted by atomic mass is 9.87. The molecule has 46 heavy (non-hydrogen) atoms. The van der Waals surface area contributed by atoms with E-state index in [0.29, 0.717) is 23.8 Å². The van der Waals surface area contributed by atoms with Gasteiger partial charge in [0.2, 0.25) is 11.9 Å². The smallest absolute Gasteiger partial charge is 0.360 e. The summed E-state index contributed by atoms with van der Waals surface area (Å²) in [5, 5.41) is 28.6. The fraction of sp³-hybridized carbons (Fsp3) is 0.303. The van der Waals surface area contributed by atoms with Crippen LogP contribution in [0.2, 0.25) is 0 Å². The Bertz CT molecular complexity index is 1530. The molecule has 3 aromatic rings. The van der Waals surface area contributed by atoms with Crippen LogP contribution in [0.1, 0.15) is 38.6 Å². The molecule has 3 atom stereocenters. The van der Waals surface area contributed by atoms with Crippen molar-refractivity contribution in [1.29, 1.82) is 0 Å². The second kappa shape index (κ2) is 15.6. The third-order valence-electron chi connectivity index (χ3n) is 7.29. The summed E-state index contributed by atoms with van der Waals surface area (Å²) < 4.78 is 20.9. The first-order chi connectivity index (χ1) is 21.9. The van der Waals surface area contributed by atoms with Crippen molar-refractivity contribution >= 4 is 29.5 Å². The zero-order valence-electron chi connectivity index (χ0n) is 25.7. The van der Waals surface area contributed by atoms with Gasteiger partial charge in [-0.05, 0) is 32.1 Å². The summed E-state index contributed by atoms with van der Waals surface area (Å²) in [6.45, 7) is 1.34. The number of piperidine rings is 1. The number of hydrogen-bond acceptors (Lipinski definition) is 11. The van der Waals surface area contributed by atoms with Crippen LogP contribution in [0.15, 0.2) is 72.8 Å². The third-order valence-corrected chi connectivity index (χ3v) is 7.29. The fourth-order valence-electron chi connectivity index (χ4n) is 4.89. The monoisotopic (exact) mass is 637 g/mol. The van der Waals surface area contributed by atoms with Gasteiger partial charge in [-0.15, -0.1) is 0 Å². The predicted octanol–water partition coefficient (Wildman–Crippen LogP) is 2.70. The molecule has 0 aromatic heterocycles. The summed E-state index contributed by atoms with van der Waals surface area (Å²) in [6.07, 6.45) is -2.05. The highest BCUT2D eigenvalue weighted by Gasteiger charge is 2.59. The van der Waals surface area contributed by atoms with E-state index in [1.54, 1.807) is 45.6 Å². The summed E-state index contributed by atoms with van der Waals surface area (Å²) in [4.78, 5) is 62.4. The summed E-state index contributed by atoms with van der Waals surface area (Å²) in [6, 6.07) is 17.5. The van der Waals surface area contributed by atoms with Gasteiger partial charge in [0.05, 0.1) is 39.4 Å². The molecule has 4 rings (SSSR count). The molecular formula is C33H35NO12. The van der Waals surface area contributed by atoms with Crippen molar-refractivity contribution in [3.05, 3.63) is 89.5 Å². The number of methoxy groups -OCH3 is 3. The lowest BCUT2D eigenvalue weighted by Gasteiger charge is -2.30. The molecule has 1 heterocycles. The van der Waals surface area contributed by atoms with Crippen LogP contribution in [0.5, 0.6) is 17.2 Å².